The minimum atomic E-state index is 0.591. The molecule has 1 aliphatic heterocycles. The number of nitrogens with two attached hydrogens (primary N) is 1. The molecule has 0 atom stereocenters. The molecule has 2 N–H and O–H groups in total. The van der Waals surface area contributed by atoms with E-state index in [1.54, 1.807) is 0 Å². The van der Waals surface area contributed by atoms with E-state index in [4.69, 9.17) is 15.2 Å². The summed E-state index contributed by atoms with van der Waals surface area (Å²) in [6.07, 6.45) is 0. The van der Waals surface area contributed by atoms with Crippen LogP contribution in [0.4, 0.5) is 5.69 Å². The number of anilines is 1. The van der Waals surface area contributed by atoms with Crippen molar-refractivity contribution in [3.05, 3.63) is 53.1 Å². The van der Waals surface area contributed by atoms with E-state index in [9.17, 15) is 0 Å². The number of benzene rings is 2. The van der Waals surface area contributed by atoms with E-state index in [1.807, 2.05) is 23.9 Å². The molecule has 0 spiro atoms. The third kappa shape index (κ3) is 3.27. The fraction of sp³-hybridized carbons (Fsp3) is 0.294. The van der Waals surface area contributed by atoms with Crippen LogP contribution in [0, 0.1) is 6.92 Å². The van der Waals surface area contributed by atoms with Crippen LogP contribution in [-0.2, 0) is 11.5 Å². The maximum atomic E-state index is 6.11. The fourth-order valence-electron chi connectivity index (χ4n) is 2.31. The molecule has 3 rings (SSSR count). The summed E-state index contributed by atoms with van der Waals surface area (Å²) in [5.41, 5.74) is 10.7. The molecule has 0 amide bonds. The summed E-state index contributed by atoms with van der Waals surface area (Å²) in [6.45, 7) is 3.34. The minimum Gasteiger partial charge on any atom is -0.486 e. The van der Waals surface area contributed by atoms with Crippen LogP contribution in [0.25, 0.3) is 0 Å². The van der Waals surface area contributed by atoms with Crippen LogP contribution in [0.15, 0.2) is 36.4 Å². The van der Waals surface area contributed by atoms with Crippen LogP contribution in [0.1, 0.15) is 16.7 Å². The summed E-state index contributed by atoms with van der Waals surface area (Å²) >= 11 is 1.86. The van der Waals surface area contributed by atoms with Crippen molar-refractivity contribution in [1.82, 2.24) is 0 Å². The number of thioether (sulfide) groups is 1. The molecule has 1 aliphatic rings. The molecule has 1 heterocycles. The van der Waals surface area contributed by atoms with E-state index in [1.165, 1.54) is 11.1 Å². The van der Waals surface area contributed by atoms with Crippen molar-refractivity contribution in [2.24, 2.45) is 0 Å². The maximum absolute atomic E-state index is 6.11. The van der Waals surface area contributed by atoms with E-state index in [-0.39, 0.29) is 0 Å². The Morgan fingerprint density at radius 2 is 1.67 bits per heavy atom. The van der Waals surface area contributed by atoms with Crippen LogP contribution in [0.2, 0.25) is 0 Å². The first-order valence-corrected chi connectivity index (χ1v) is 8.20. The van der Waals surface area contributed by atoms with Gasteiger partial charge in [0.05, 0.1) is 0 Å². The Kier molecular flexibility index (Phi) is 4.25. The van der Waals surface area contributed by atoms with Gasteiger partial charge in [0, 0.05) is 23.3 Å². The lowest BCUT2D eigenvalue weighted by molar-refractivity contribution is 0.171. The summed E-state index contributed by atoms with van der Waals surface area (Å²) in [7, 11) is 0. The average molecular weight is 301 g/mol. The molecule has 2 aromatic carbocycles. The molecule has 0 radical (unpaired) electrons. The Morgan fingerprint density at radius 1 is 1.00 bits per heavy atom. The van der Waals surface area contributed by atoms with Gasteiger partial charge in [-0.2, -0.15) is 11.8 Å². The zero-order valence-electron chi connectivity index (χ0n) is 12.1. The summed E-state index contributed by atoms with van der Waals surface area (Å²) < 4.78 is 11.1. The van der Waals surface area contributed by atoms with Crippen molar-refractivity contribution in [3.63, 3.8) is 0 Å². The number of hydrogen-bond donors (Lipinski definition) is 1. The van der Waals surface area contributed by atoms with Gasteiger partial charge in [-0.1, -0.05) is 24.3 Å². The van der Waals surface area contributed by atoms with E-state index in [0.717, 1.165) is 34.3 Å². The van der Waals surface area contributed by atoms with Crippen molar-refractivity contribution in [2.75, 3.05) is 18.9 Å². The van der Waals surface area contributed by atoms with Crippen LogP contribution in [0.5, 0.6) is 11.5 Å². The highest BCUT2D eigenvalue weighted by Gasteiger charge is 2.14. The third-order valence-electron chi connectivity index (χ3n) is 3.58. The first-order valence-electron chi connectivity index (χ1n) is 7.04. The van der Waals surface area contributed by atoms with Gasteiger partial charge in [-0.3, -0.25) is 0 Å². The SMILES string of the molecule is Cc1ccccc1CSCc1cc2c(cc1N)OCCO2. The second-order valence-corrected chi connectivity index (χ2v) is 6.10. The van der Waals surface area contributed by atoms with Crippen molar-refractivity contribution >= 4 is 17.4 Å². The third-order valence-corrected chi connectivity index (χ3v) is 4.61. The quantitative estimate of drug-likeness (QED) is 0.873. The first-order chi connectivity index (χ1) is 10.2. The first kappa shape index (κ1) is 14.1. The molecule has 3 nitrogen and oxygen atoms in total. The Bertz CT molecular complexity index is 643. The molecule has 21 heavy (non-hydrogen) atoms. The van der Waals surface area contributed by atoms with Crippen molar-refractivity contribution in [2.45, 2.75) is 18.4 Å². The lowest BCUT2D eigenvalue weighted by Crippen LogP contribution is -2.15. The average Bonchev–Trinajstić information content (AvgIpc) is 2.49. The summed E-state index contributed by atoms with van der Waals surface area (Å²) in [4.78, 5) is 0. The molecule has 0 fully saturated rings. The van der Waals surface area contributed by atoms with Gasteiger partial charge >= 0.3 is 0 Å². The summed E-state index contributed by atoms with van der Waals surface area (Å²) in [5.74, 6) is 3.42. The molecule has 2 aromatic rings. The van der Waals surface area contributed by atoms with Gasteiger partial charge in [0.25, 0.3) is 0 Å². The normalized spacial score (nSPS) is 13.2. The van der Waals surface area contributed by atoms with Gasteiger partial charge in [0.1, 0.15) is 13.2 Å². The Morgan fingerprint density at radius 3 is 2.43 bits per heavy atom. The lowest BCUT2D eigenvalue weighted by atomic mass is 10.1. The van der Waals surface area contributed by atoms with Crippen molar-refractivity contribution < 1.29 is 9.47 Å². The van der Waals surface area contributed by atoms with Crippen LogP contribution >= 0.6 is 11.8 Å². The van der Waals surface area contributed by atoms with E-state index in [2.05, 4.69) is 31.2 Å². The molecule has 0 aromatic heterocycles. The van der Waals surface area contributed by atoms with E-state index < -0.39 is 0 Å². The highest BCUT2D eigenvalue weighted by Crippen LogP contribution is 2.36. The molecule has 0 aliphatic carbocycles. The zero-order valence-corrected chi connectivity index (χ0v) is 12.9. The summed E-state index contributed by atoms with van der Waals surface area (Å²) in [6, 6.07) is 12.4. The monoisotopic (exact) mass is 301 g/mol. The molecule has 110 valence electrons. The number of rotatable bonds is 4. The Balaban J connectivity index is 1.67. The smallest absolute Gasteiger partial charge is 0.163 e. The Hall–Kier alpha value is -1.81. The predicted octanol–water partition coefficient (Wildman–Crippen LogP) is 3.78. The highest BCUT2D eigenvalue weighted by atomic mass is 32.2. The van der Waals surface area contributed by atoms with Crippen molar-refractivity contribution in [3.8, 4) is 11.5 Å². The standard InChI is InChI=1S/C17H19NO2S/c1-12-4-2-3-5-13(12)10-21-11-14-8-16-17(9-15(14)18)20-7-6-19-16/h2-5,8-9H,6-7,10-11,18H2,1H3. The van der Waals surface area contributed by atoms with Crippen LogP contribution in [-0.4, -0.2) is 13.2 Å². The molecule has 0 unspecified atom stereocenters. The van der Waals surface area contributed by atoms with Crippen LogP contribution in [0.3, 0.4) is 0 Å². The van der Waals surface area contributed by atoms with Gasteiger partial charge in [-0.15, -0.1) is 0 Å². The molecule has 4 heteroatoms. The largest absolute Gasteiger partial charge is 0.486 e. The minimum absolute atomic E-state index is 0.591. The second-order valence-electron chi connectivity index (χ2n) is 5.11. The summed E-state index contributed by atoms with van der Waals surface area (Å²) in [5, 5.41) is 0. The van der Waals surface area contributed by atoms with E-state index in [0.29, 0.717) is 13.2 Å². The number of nitrogen functional groups attached to an aromatic ring is 1. The lowest BCUT2D eigenvalue weighted by Gasteiger charge is -2.20. The van der Waals surface area contributed by atoms with Gasteiger partial charge in [-0.05, 0) is 29.7 Å². The van der Waals surface area contributed by atoms with Gasteiger partial charge < -0.3 is 15.2 Å². The van der Waals surface area contributed by atoms with Gasteiger partial charge in [0.2, 0.25) is 0 Å². The molecule has 0 saturated carbocycles. The number of aryl methyl sites for hydroxylation is 1. The molecule has 0 saturated heterocycles. The number of fused-ring (bicyclic) bond motifs is 1. The molecule has 0 bridgehead atoms. The predicted molar refractivity (Wildman–Crippen MR) is 88.0 cm³/mol. The Labute approximate surface area is 129 Å². The second kappa shape index (κ2) is 6.31. The molecular formula is C17H19NO2S. The fourth-order valence-corrected chi connectivity index (χ4v) is 3.43. The number of hydrogen-bond acceptors (Lipinski definition) is 4. The van der Waals surface area contributed by atoms with Gasteiger partial charge in [-0.25, -0.2) is 0 Å². The molecular weight excluding hydrogens is 282 g/mol. The zero-order chi connectivity index (χ0) is 14.7. The van der Waals surface area contributed by atoms with Crippen LogP contribution < -0.4 is 15.2 Å². The maximum Gasteiger partial charge on any atom is 0.163 e. The van der Waals surface area contributed by atoms with Gasteiger partial charge in [0.15, 0.2) is 11.5 Å². The van der Waals surface area contributed by atoms with E-state index >= 15 is 0 Å². The highest BCUT2D eigenvalue weighted by molar-refractivity contribution is 7.97. The number of ether oxygens (including phenoxy) is 2. The van der Waals surface area contributed by atoms with Crippen molar-refractivity contribution in [1.29, 1.82) is 0 Å². The topological polar surface area (TPSA) is 44.5 Å².